The Balaban J connectivity index is 2.01. The normalized spacial score (nSPS) is 18.4. The molecule has 6 nitrogen and oxygen atoms in total. The van der Waals surface area contributed by atoms with E-state index in [2.05, 4.69) is 0 Å². The molecule has 0 N–H and O–H groups in total. The summed E-state index contributed by atoms with van der Waals surface area (Å²) in [7, 11) is 5.01. The molecule has 6 heteroatoms. The smallest absolute Gasteiger partial charge is 0.264 e. The minimum Gasteiger partial charge on any atom is -0.497 e. The molecule has 0 radical (unpaired) electrons. The Bertz CT molecular complexity index is 556. The van der Waals surface area contributed by atoms with Crippen LogP contribution in [0.2, 0.25) is 0 Å². The third kappa shape index (κ3) is 3.94. The highest BCUT2D eigenvalue weighted by atomic mass is 16.5. The van der Waals surface area contributed by atoms with Crippen LogP contribution in [0.25, 0.3) is 0 Å². The van der Waals surface area contributed by atoms with Crippen molar-refractivity contribution in [2.45, 2.75) is 31.9 Å². The molecular formula is C17H24N2O4. The zero-order valence-corrected chi connectivity index (χ0v) is 14.1. The van der Waals surface area contributed by atoms with E-state index in [1.807, 2.05) is 0 Å². The number of ether oxygens (including phenoxy) is 2. The Morgan fingerprint density at radius 1 is 1.22 bits per heavy atom. The first-order valence-corrected chi connectivity index (χ1v) is 7.76. The van der Waals surface area contributed by atoms with E-state index in [9.17, 15) is 9.59 Å². The number of rotatable bonds is 5. The maximum absolute atomic E-state index is 12.6. The van der Waals surface area contributed by atoms with Gasteiger partial charge in [0, 0.05) is 20.6 Å². The fourth-order valence-electron chi connectivity index (χ4n) is 2.73. The van der Waals surface area contributed by atoms with Gasteiger partial charge in [0.1, 0.15) is 17.5 Å². The fraction of sp³-hybridized carbons (Fsp3) is 0.529. The maximum atomic E-state index is 12.6. The summed E-state index contributed by atoms with van der Waals surface area (Å²) in [6.07, 6.45) is 0.905. The van der Waals surface area contributed by atoms with Gasteiger partial charge in [-0.2, -0.15) is 0 Å². The average Bonchev–Trinajstić information content (AvgIpc) is 3.03. The van der Waals surface area contributed by atoms with Gasteiger partial charge in [0.2, 0.25) is 5.91 Å². The number of likely N-dealkylation sites (N-methyl/N-ethyl adjacent to an activating group) is 1. The van der Waals surface area contributed by atoms with Gasteiger partial charge in [0.25, 0.3) is 5.91 Å². The van der Waals surface area contributed by atoms with Crippen molar-refractivity contribution in [1.29, 1.82) is 0 Å². The SMILES string of the molecule is COc1ccc(OC(C)C(=O)N2CCCC2C(=O)N(C)C)cc1. The zero-order valence-electron chi connectivity index (χ0n) is 14.1. The van der Waals surface area contributed by atoms with E-state index in [1.54, 1.807) is 57.3 Å². The predicted molar refractivity (Wildman–Crippen MR) is 86.5 cm³/mol. The van der Waals surface area contributed by atoms with Crippen LogP contribution in [0.3, 0.4) is 0 Å². The van der Waals surface area contributed by atoms with Crippen molar-refractivity contribution >= 4 is 11.8 Å². The molecule has 0 aromatic heterocycles. The molecular weight excluding hydrogens is 296 g/mol. The molecule has 0 bridgehead atoms. The number of carbonyl (C=O) groups is 2. The van der Waals surface area contributed by atoms with Crippen molar-refractivity contribution in [2.24, 2.45) is 0 Å². The summed E-state index contributed by atoms with van der Waals surface area (Å²) in [6, 6.07) is 6.70. The number of carbonyl (C=O) groups excluding carboxylic acids is 2. The lowest BCUT2D eigenvalue weighted by atomic mass is 10.2. The summed E-state index contributed by atoms with van der Waals surface area (Å²) in [6.45, 7) is 2.31. The molecule has 0 spiro atoms. The summed E-state index contributed by atoms with van der Waals surface area (Å²) in [4.78, 5) is 28.0. The topological polar surface area (TPSA) is 59.1 Å². The minimum absolute atomic E-state index is 0.0347. The second kappa shape index (κ2) is 7.35. The van der Waals surface area contributed by atoms with Crippen molar-refractivity contribution in [1.82, 2.24) is 9.80 Å². The number of amides is 2. The lowest BCUT2D eigenvalue weighted by Gasteiger charge is -2.28. The van der Waals surface area contributed by atoms with Gasteiger partial charge in [-0.15, -0.1) is 0 Å². The van der Waals surface area contributed by atoms with Crippen LogP contribution in [-0.4, -0.2) is 61.5 Å². The molecule has 23 heavy (non-hydrogen) atoms. The zero-order chi connectivity index (χ0) is 17.0. The van der Waals surface area contributed by atoms with E-state index in [-0.39, 0.29) is 17.9 Å². The first-order chi connectivity index (χ1) is 10.9. The summed E-state index contributed by atoms with van der Waals surface area (Å²) < 4.78 is 10.8. The van der Waals surface area contributed by atoms with Gasteiger partial charge in [-0.05, 0) is 44.0 Å². The van der Waals surface area contributed by atoms with E-state index >= 15 is 0 Å². The summed E-state index contributed by atoms with van der Waals surface area (Å²) in [5.74, 6) is 1.14. The molecule has 1 heterocycles. The lowest BCUT2D eigenvalue weighted by molar-refractivity contribution is -0.146. The largest absolute Gasteiger partial charge is 0.497 e. The quantitative estimate of drug-likeness (QED) is 0.826. The monoisotopic (exact) mass is 320 g/mol. The molecule has 1 saturated heterocycles. The number of likely N-dealkylation sites (tertiary alicyclic amines) is 1. The molecule has 1 fully saturated rings. The fourth-order valence-corrected chi connectivity index (χ4v) is 2.73. The number of nitrogens with zero attached hydrogens (tertiary/aromatic N) is 2. The van der Waals surface area contributed by atoms with Gasteiger partial charge in [-0.3, -0.25) is 9.59 Å². The number of methoxy groups -OCH3 is 1. The molecule has 2 atom stereocenters. The van der Waals surface area contributed by atoms with Crippen LogP contribution in [0.4, 0.5) is 0 Å². The second-order valence-electron chi connectivity index (χ2n) is 5.86. The standard InChI is InChI=1S/C17H24N2O4/c1-12(23-14-9-7-13(22-4)8-10-14)16(20)19-11-5-6-15(19)17(21)18(2)3/h7-10,12,15H,5-6,11H2,1-4H3. The first-order valence-electron chi connectivity index (χ1n) is 7.76. The van der Waals surface area contributed by atoms with E-state index in [4.69, 9.17) is 9.47 Å². The van der Waals surface area contributed by atoms with E-state index in [0.29, 0.717) is 18.7 Å². The van der Waals surface area contributed by atoms with E-state index in [0.717, 1.165) is 12.2 Å². The van der Waals surface area contributed by atoms with Gasteiger partial charge in [-0.1, -0.05) is 0 Å². The van der Waals surface area contributed by atoms with Crippen molar-refractivity contribution in [3.63, 3.8) is 0 Å². The molecule has 2 unspecified atom stereocenters. The summed E-state index contributed by atoms with van der Waals surface area (Å²) in [5.41, 5.74) is 0. The van der Waals surface area contributed by atoms with Gasteiger partial charge in [0.15, 0.2) is 6.10 Å². The van der Waals surface area contributed by atoms with Crippen LogP contribution in [0.5, 0.6) is 11.5 Å². The predicted octanol–water partition coefficient (Wildman–Crippen LogP) is 1.54. The van der Waals surface area contributed by atoms with Crippen LogP contribution in [0, 0.1) is 0 Å². The van der Waals surface area contributed by atoms with Gasteiger partial charge in [-0.25, -0.2) is 0 Å². The number of hydrogen-bond donors (Lipinski definition) is 0. The second-order valence-corrected chi connectivity index (χ2v) is 5.86. The molecule has 1 aromatic rings. The third-order valence-electron chi connectivity index (χ3n) is 3.98. The molecule has 2 amide bonds. The molecule has 1 aromatic carbocycles. The summed E-state index contributed by atoms with van der Waals surface area (Å²) >= 11 is 0. The van der Waals surface area contributed by atoms with Crippen molar-refractivity contribution in [2.75, 3.05) is 27.7 Å². The van der Waals surface area contributed by atoms with Gasteiger partial charge in [0.05, 0.1) is 7.11 Å². The third-order valence-corrected chi connectivity index (χ3v) is 3.98. The molecule has 0 aliphatic carbocycles. The highest BCUT2D eigenvalue weighted by Crippen LogP contribution is 2.22. The highest BCUT2D eigenvalue weighted by molar-refractivity contribution is 5.89. The Labute approximate surface area is 137 Å². The lowest BCUT2D eigenvalue weighted by Crippen LogP contribution is -2.49. The van der Waals surface area contributed by atoms with Crippen LogP contribution in [0.15, 0.2) is 24.3 Å². The van der Waals surface area contributed by atoms with Crippen molar-refractivity contribution in [3.8, 4) is 11.5 Å². The minimum atomic E-state index is -0.640. The maximum Gasteiger partial charge on any atom is 0.264 e. The molecule has 126 valence electrons. The van der Waals surface area contributed by atoms with Crippen molar-refractivity contribution in [3.05, 3.63) is 24.3 Å². The highest BCUT2D eigenvalue weighted by Gasteiger charge is 2.37. The van der Waals surface area contributed by atoms with E-state index < -0.39 is 6.10 Å². The Hall–Kier alpha value is -2.24. The van der Waals surface area contributed by atoms with Gasteiger partial charge >= 0.3 is 0 Å². The Morgan fingerprint density at radius 2 is 1.83 bits per heavy atom. The number of benzene rings is 1. The van der Waals surface area contributed by atoms with Crippen molar-refractivity contribution < 1.29 is 19.1 Å². The average molecular weight is 320 g/mol. The molecule has 1 aliphatic heterocycles. The number of hydrogen-bond acceptors (Lipinski definition) is 4. The van der Waals surface area contributed by atoms with Crippen LogP contribution in [0.1, 0.15) is 19.8 Å². The molecule has 1 aliphatic rings. The van der Waals surface area contributed by atoms with Gasteiger partial charge < -0.3 is 19.3 Å². The first kappa shape index (κ1) is 17.1. The Morgan fingerprint density at radius 3 is 2.39 bits per heavy atom. The molecule has 0 saturated carbocycles. The van der Waals surface area contributed by atoms with E-state index in [1.165, 1.54) is 4.90 Å². The Kier molecular flexibility index (Phi) is 5.47. The van der Waals surface area contributed by atoms with Crippen LogP contribution in [-0.2, 0) is 9.59 Å². The summed E-state index contributed by atoms with van der Waals surface area (Å²) in [5, 5.41) is 0. The van der Waals surface area contributed by atoms with Crippen LogP contribution < -0.4 is 9.47 Å². The molecule has 2 rings (SSSR count). The van der Waals surface area contributed by atoms with Crippen LogP contribution >= 0.6 is 0 Å².